The average Bonchev–Trinajstić information content (AvgIpc) is 2.95. The van der Waals surface area contributed by atoms with Crippen LogP contribution in [0.4, 0.5) is 5.95 Å². The van der Waals surface area contributed by atoms with Gasteiger partial charge in [0.1, 0.15) is 5.82 Å². The average molecular weight is 276 g/mol. The van der Waals surface area contributed by atoms with E-state index in [0.29, 0.717) is 11.9 Å². The second-order valence-corrected chi connectivity index (χ2v) is 6.15. The highest BCUT2D eigenvalue weighted by Gasteiger charge is 2.28. The number of rotatable bonds is 2. The number of nitrogens with two attached hydrogens (primary N) is 1. The first kappa shape index (κ1) is 13.7. The molecule has 6 heteroatoms. The summed E-state index contributed by atoms with van der Waals surface area (Å²) in [5, 5.41) is 0. The maximum absolute atomic E-state index is 5.92. The lowest BCUT2D eigenvalue weighted by atomic mass is 10.1. The lowest BCUT2D eigenvalue weighted by Crippen LogP contribution is -2.45. The fourth-order valence-corrected chi connectivity index (χ4v) is 3.23. The molecule has 0 radical (unpaired) electrons. The Bertz CT molecular complexity index is 471. The zero-order chi connectivity index (χ0) is 14.1. The van der Waals surface area contributed by atoms with Gasteiger partial charge in [-0.2, -0.15) is 9.97 Å². The van der Waals surface area contributed by atoms with Crippen molar-refractivity contribution in [3.8, 4) is 0 Å². The van der Waals surface area contributed by atoms with Crippen LogP contribution in [0.15, 0.2) is 0 Å². The molecule has 0 aromatic carbocycles. The predicted molar refractivity (Wildman–Crippen MR) is 78.3 cm³/mol. The molecule has 2 heterocycles. The summed E-state index contributed by atoms with van der Waals surface area (Å²) >= 11 is 0. The van der Waals surface area contributed by atoms with Crippen molar-refractivity contribution in [2.24, 2.45) is 0 Å². The fraction of sp³-hybridized carbons (Fsp3) is 0.786. The highest BCUT2D eigenvalue weighted by molar-refractivity contribution is 5.19. The molecule has 1 aliphatic carbocycles. The summed E-state index contributed by atoms with van der Waals surface area (Å²) in [6.07, 6.45) is 4.92. The molecule has 0 bridgehead atoms. The summed E-state index contributed by atoms with van der Waals surface area (Å²) < 4.78 is 0. The van der Waals surface area contributed by atoms with Crippen LogP contribution in [0.1, 0.15) is 49.3 Å². The molecule has 6 nitrogen and oxygen atoms in total. The van der Waals surface area contributed by atoms with Gasteiger partial charge in [-0.1, -0.05) is 12.8 Å². The van der Waals surface area contributed by atoms with Crippen molar-refractivity contribution in [1.29, 1.82) is 0 Å². The monoisotopic (exact) mass is 276 g/mol. The van der Waals surface area contributed by atoms with Crippen molar-refractivity contribution >= 4 is 5.95 Å². The van der Waals surface area contributed by atoms with Crippen LogP contribution in [0.5, 0.6) is 0 Å². The Morgan fingerprint density at radius 3 is 2.45 bits per heavy atom. The minimum Gasteiger partial charge on any atom is -0.368 e. The number of piperazine rings is 1. The zero-order valence-electron chi connectivity index (χ0n) is 12.4. The quantitative estimate of drug-likeness (QED) is 0.870. The highest BCUT2D eigenvalue weighted by atomic mass is 15.3. The highest BCUT2D eigenvalue weighted by Crippen LogP contribution is 2.33. The van der Waals surface area contributed by atoms with E-state index in [4.69, 9.17) is 10.7 Å². The molecular weight excluding hydrogens is 252 g/mol. The van der Waals surface area contributed by atoms with Gasteiger partial charge in [-0.15, -0.1) is 0 Å². The van der Waals surface area contributed by atoms with Crippen molar-refractivity contribution in [2.75, 3.05) is 39.5 Å². The van der Waals surface area contributed by atoms with Gasteiger partial charge >= 0.3 is 0 Å². The molecule has 1 aromatic rings. The Balaban J connectivity index is 1.88. The van der Waals surface area contributed by atoms with E-state index >= 15 is 0 Å². The van der Waals surface area contributed by atoms with Gasteiger partial charge in [-0.3, -0.25) is 4.90 Å². The molecule has 0 spiro atoms. The van der Waals surface area contributed by atoms with Crippen LogP contribution in [-0.2, 0) is 0 Å². The molecule has 20 heavy (non-hydrogen) atoms. The summed E-state index contributed by atoms with van der Waals surface area (Å²) in [4.78, 5) is 18.2. The van der Waals surface area contributed by atoms with Crippen LogP contribution >= 0.6 is 0 Å². The minimum absolute atomic E-state index is 0.221. The first-order valence-corrected chi connectivity index (χ1v) is 7.53. The first-order chi connectivity index (χ1) is 9.63. The van der Waals surface area contributed by atoms with E-state index in [0.717, 1.165) is 31.3 Å². The van der Waals surface area contributed by atoms with Gasteiger partial charge in [0.15, 0.2) is 5.82 Å². The third-order valence-corrected chi connectivity index (χ3v) is 4.56. The number of hydrogen-bond donors (Lipinski definition) is 1. The van der Waals surface area contributed by atoms with Crippen LogP contribution in [0.25, 0.3) is 0 Å². The van der Waals surface area contributed by atoms with Crippen molar-refractivity contribution in [2.45, 2.75) is 37.6 Å². The van der Waals surface area contributed by atoms with Crippen molar-refractivity contribution in [1.82, 2.24) is 24.8 Å². The predicted octanol–water partition coefficient (Wildman–Crippen LogP) is 1.03. The number of aromatic nitrogens is 3. The molecule has 1 saturated carbocycles. The molecule has 1 atom stereocenters. The summed E-state index contributed by atoms with van der Waals surface area (Å²) in [6, 6.07) is 0.221. The fourth-order valence-electron chi connectivity index (χ4n) is 3.23. The lowest BCUT2D eigenvalue weighted by Gasteiger charge is -2.36. The van der Waals surface area contributed by atoms with Crippen molar-refractivity contribution in [3.05, 3.63) is 11.6 Å². The van der Waals surface area contributed by atoms with Gasteiger partial charge in [0, 0.05) is 25.6 Å². The van der Waals surface area contributed by atoms with Crippen LogP contribution in [0, 0.1) is 0 Å². The maximum Gasteiger partial charge on any atom is 0.223 e. The van der Waals surface area contributed by atoms with Crippen molar-refractivity contribution < 1.29 is 0 Å². The second-order valence-electron chi connectivity index (χ2n) is 6.15. The zero-order valence-corrected chi connectivity index (χ0v) is 12.4. The summed E-state index contributed by atoms with van der Waals surface area (Å²) in [5.74, 6) is 2.60. The Morgan fingerprint density at radius 2 is 1.70 bits per heavy atom. The molecule has 2 aliphatic rings. The van der Waals surface area contributed by atoms with Crippen LogP contribution in [0.2, 0.25) is 0 Å². The number of nitrogen functional groups attached to an aromatic ring is 1. The summed E-state index contributed by atoms with van der Waals surface area (Å²) in [7, 11) is 4.27. The van der Waals surface area contributed by atoms with Crippen LogP contribution in [0.3, 0.4) is 0 Å². The Kier molecular flexibility index (Phi) is 3.85. The van der Waals surface area contributed by atoms with Gasteiger partial charge in [0.05, 0.1) is 6.04 Å². The van der Waals surface area contributed by atoms with Crippen LogP contribution < -0.4 is 5.73 Å². The molecule has 0 amide bonds. The Morgan fingerprint density at radius 1 is 1.00 bits per heavy atom. The smallest absolute Gasteiger partial charge is 0.223 e. The van der Waals surface area contributed by atoms with E-state index in [1.165, 1.54) is 25.7 Å². The van der Waals surface area contributed by atoms with E-state index in [1.807, 2.05) is 0 Å². The van der Waals surface area contributed by atoms with E-state index in [2.05, 4.69) is 33.9 Å². The third kappa shape index (κ3) is 2.76. The topological polar surface area (TPSA) is 71.2 Å². The summed E-state index contributed by atoms with van der Waals surface area (Å²) in [5.41, 5.74) is 5.92. The van der Waals surface area contributed by atoms with E-state index < -0.39 is 0 Å². The van der Waals surface area contributed by atoms with Crippen molar-refractivity contribution in [3.63, 3.8) is 0 Å². The molecule has 1 saturated heterocycles. The molecule has 3 rings (SSSR count). The van der Waals surface area contributed by atoms with Gasteiger partial charge in [0.2, 0.25) is 5.95 Å². The molecule has 2 N–H and O–H groups in total. The van der Waals surface area contributed by atoms with E-state index in [1.54, 1.807) is 0 Å². The molecule has 1 aliphatic heterocycles. The summed E-state index contributed by atoms with van der Waals surface area (Å²) in [6.45, 7) is 3.07. The van der Waals surface area contributed by atoms with Crippen LogP contribution in [-0.4, -0.2) is 58.5 Å². The van der Waals surface area contributed by atoms with Gasteiger partial charge in [-0.25, -0.2) is 4.98 Å². The Labute approximate surface area is 120 Å². The second kappa shape index (κ2) is 5.61. The van der Waals surface area contributed by atoms with Gasteiger partial charge in [0.25, 0.3) is 0 Å². The molecule has 1 unspecified atom stereocenters. The normalized spacial score (nSPS) is 26.2. The number of anilines is 1. The minimum atomic E-state index is 0.221. The van der Waals surface area contributed by atoms with E-state index in [9.17, 15) is 0 Å². The standard InChI is InChI=1S/C14H24N6/c1-19-7-8-20(2)11(9-19)13-16-12(17-14(15)18-13)10-5-3-4-6-10/h10-11H,3-9H2,1-2H3,(H2,15,16,17,18). The van der Waals surface area contributed by atoms with E-state index in [-0.39, 0.29) is 6.04 Å². The lowest BCUT2D eigenvalue weighted by molar-refractivity contribution is 0.109. The molecular formula is C14H24N6. The number of nitrogens with zero attached hydrogens (tertiary/aromatic N) is 5. The first-order valence-electron chi connectivity index (χ1n) is 7.53. The van der Waals surface area contributed by atoms with Gasteiger partial charge in [-0.05, 0) is 26.9 Å². The third-order valence-electron chi connectivity index (χ3n) is 4.56. The molecule has 110 valence electrons. The number of likely N-dealkylation sites (N-methyl/N-ethyl adjacent to an activating group) is 2. The SMILES string of the molecule is CN1CCN(C)C(c2nc(N)nc(C3CCCC3)n2)C1. The maximum atomic E-state index is 5.92. The number of hydrogen-bond acceptors (Lipinski definition) is 6. The largest absolute Gasteiger partial charge is 0.368 e. The molecule has 2 fully saturated rings. The Hall–Kier alpha value is -1.27. The van der Waals surface area contributed by atoms with Gasteiger partial charge < -0.3 is 10.6 Å². The molecule has 1 aromatic heterocycles.